The highest BCUT2D eigenvalue weighted by molar-refractivity contribution is 7.92. The third-order valence-electron chi connectivity index (χ3n) is 8.89. The second-order valence-corrected chi connectivity index (χ2v) is 14.8. The monoisotopic (exact) mass is 737 g/mol. The van der Waals surface area contributed by atoms with E-state index in [0.29, 0.717) is 21.4 Å². The number of ether oxygens (including phenoxy) is 2. The number of carbonyl (C=O) groups excluding carboxylic acids is 2. The molecule has 50 heavy (non-hydrogen) atoms. The molecule has 0 heterocycles. The number of hydrogen-bond donors (Lipinski definition) is 1. The first-order chi connectivity index (χ1) is 24.1. The van der Waals surface area contributed by atoms with Crippen LogP contribution in [0, 0.1) is 0 Å². The Morgan fingerprint density at radius 3 is 2.10 bits per heavy atom. The lowest BCUT2D eigenvalue weighted by atomic mass is 9.94. The van der Waals surface area contributed by atoms with Gasteiger partial charge in [-0.25, -0.2) is 8.42 Å². The topological polar surface area (TPSA) is 105 Å². The van der Waals surface area contributed by atoms with Crippen molar-refractivity contribution in [2.75, 3.05) is 25.1 Å². The molecule has 1 aliphatic carbocycles. The van der Waals surface area contributed by atoms with Gasteiger partial charge in [0, 0.05) is 34.6 Å². The summed E-state index contributed by atoms with van der Waals surface area (Å²) in [5, 5.41) is 3.82. The average molecular weight is 739 g/mol. The Bertz CT molecular complexity index is 1850. The highest BCUT2D eigenvalue weighted by atomic mass is 35.5. The third kappa shape index (κ3) is 8.91. The molecule has 1 fully saturated rings. The van der Waals surface area contributed by atoms with Crippen molar-refractivity contribution in [3.8, 4) is 11.5 Å². The minimum atomic E-state index is -4.36. The fourth-order valence-corrected chi connectivity index (χ4v) is 8.12. The fraction of sp³-hybridized carbons (Fsp3) is 0.316. The first-order valence-corrected chi connectivity index (χ1v) is 18.7. The van der Waals surface area contributed by atoms with Gasteiger partial charge in [-0.05, 0) is 66.9 Å². The van der Waals surface area contributed by atoms with Crippen molar-refractivity contribution in [2.24, 2.45) is 0 Å². The summed E-state index contributed by atoms with van der Waals surface area (Å²) in [6.07, 6.45) is 4.97. The summed E-state index contributed by atoms with van der Waals surface area (Å²) in [5.74, 6) is -0.254. The predicted octanol–water partition coefficient (Wildman–Crippen LogP) is 7.29. The van der Waals surface area contributed by atoms with Gasteiger partial charge in [0.25, 0.3) is 10.0 Å². The Hall–Kier alpha value is -4.25. The minimum Gasteiger partial charge on any atom is -0.497 e. The fourth-order valence-electron chi connectivity index (χ4n) is 6.18. The number of anilines is 1. The summed E-state index contributed by atoms with van der Waals surface area (Å²) in [6, 6.07) is 25.8. The molecule has 0 radical (unpaired) electrons. The van der Waals surface area contributed by atoms with Gasteiger partial charge in [0.2, 0.25) is 11.8 Å². The summed E-state index contributed by atoms with van der Waals surface area (Å²) < 4.78 is 40.7. The molecule has 9 nitrogen and oxygen atoms in total. The molecule has 0 spiro atoms. The zero-order chi connectivity index (χ0) is 35.7. The molecule has 0 saturated heterocycles. The molecule has 1 N–H and O–H groups in total. The van der Waals surface area contributed by atoms with Gasteiger partial charge < -0.3 is 19.7 Å². The van der Waals surface area contributed by atoms with E-state index in [1.54, 1.807) is 42.5 Å². The number of nitrogens with zero attached hydrogens (tertiary/aromatic N) is 2. The van der Waals surface area contributed by atoms with Crippen molar-refractivity contribution in [3.05, 3.63) is 118 Å². The number of rotatable bonds is 14. The molecule has 0 aliphatic heterocycles. The van der Waals surface area contributed by atoms with Crippen molar-refractivity contribution in [1.29, 1.82) is 0 Å². The van der Waals surface area contributed by atoms with Crippen molar-refractivity contribution in [3.63, 3.8) is 0 Å². The Kier molecular flexibility index (Phi) is 12.7. The molecule has 4 aromatic rings. The third-order valence-corrected chi connectivity index (χ3v) is 11.4. The maximum absolute atomic E-state index is 14.9. The van der Waals surface area contributed by atoms with Gasteiger partial charge in [-0.1, -0.05) is 91.0 Å². The van der Waals surface area contributed by atoms with Gasteiger partial charge in [0.1, 0.15) is 24.1 Å². The van der Waals surface area contributed by atoms with Crippen LogP contribution in [0.4, 0.5) is 5.69 Å². The Morgan fingerprint density at radius 2 is 1.46 bits per heavy atom. The van der Waals surface area contributed by atoms with E-state index in [4.69, 9.17) is 32.7 Å². The molecule has 264 valence electrons. The summed E-state index contributed by atoms with van der Waals surface area (Å²) >= 11 is 13.3. The lowest BCUT2D eigenvalue weighted by Crippen LogP contribution is -2.55. The largest absolute Gasteiger partial charge is 0.497 e. The summed E-state index contributed by atoms with van der Waals surface area (Å²) in [7, 11) is -1.45. The van der Waals surface area contributed by atoms with E-state index in [1.807, 2.05) is 30.3 Å². The van der Waals surface area contributed by atoms with Crippen LogP contribution in [0.1, 0.15) is 43.2 Å². The van der Waals surface area contributed by atoms with E-state index in [-0.39, 0.29) is 41.2 Å². The highest BCUT2D eigenvalue weighted by Crippen LogP contribution is 2.34. The lowest BCUT2D eigenvalue weighted by molar-refractivity contribution is -0.140. The van der Waals surface area contributed by atoms with Gasteiger partial charge >= 0.3 is 0 Å². The molecule has 5 rings (SSSR count). The predicted molar refractivity (Wildman–Crippen MR) is 196 cm³/mol. The normalized spacial score (nSPS) is 14.0. The van der Waals surface area contributed by atoms with Crippen LogP contribution in [0.15, 0.2) is 102 Å². The van der Waals surface area contributed by atoms with Gasteiger partial charge in [-0.15, -0.1) is 0 Å². The van der Waals surface area contributed by atoms with Crippen LogP contribution >= 0.6 is 23.2 Å². The van der Waals surface area contributed by atoms with Crippen LogP contribution in [0.2, 0.25) is 10.0 Å². The second-order valence-electron chi connectivity index (χ2n) is 12.1. The van der Waals surface area contributed by atoms with Gasteiger partial charge in [-0.3, -0.25) is 13.9 Å². The van der Waals surface area contributed by atoms with E-state index in [0.717, 1.165) is 42.0 Å². The molecule has 12 heteroatoms. The second kappa shape index (κ2) is 17.1. The summed E-state index contributed by atoms with van der Waals surface area (Å²) in [6.45, 7) is -0.798. The number of sulfonamides is 1. The number of methoxy groups -OCH3 is 2. The maximum Gasteiger partial charge on any atom is 0.264 e. The van der Waals surface area contributed by atoms with Crippen LogP contribution < -0.4 is 19.1 Å². The molecule has 0 bridgehead atoms. The molecule has 1 saturated carbocycles. The van der Waals surface area contributed by atoms with E-state index in [2.05, 4.69) is 5.32 Å². The van der Waals surface area contributed by atoms with Crippen LogP contribution in [-0.4, -0.2) is 58.0 Å². The number of benzene rings is 4. The molecule has 4 aromatic carbocycles. The number of amides is 2. The van der Waals surface area contributed by atoms with Gasteiger partial charge in [-0.2, -0.15) is 0 Å². The number of nitrogens with one attached hydrogen (secondary N) is 1. The average Bonchev–Trinajstić information content (AvgIpc) is 3.13. The summed E-state index contributed by atoms with van der Waals surface area (Å²) in [4.78, 5) is 30.5. The van der Waals surface area contributed by atoms with Crippen molar-refractivity contribution in [2.45, 2.75) is 62.0 Å². The Morgan fingerprint density at radius 1 is 0.820 bits per heavy atom. The van der Waals surface area contributed by atoms with Gasteiger partial charge in [0.15, 0.2) is 0 Å². The standard InChI is InChI=1S/C38H41Cl2N3O6S/c1-48-29-20-22-30(23-21-29)50(46,47)43(34-18-9-10-19-36(34)49-2)26-37(44)42(25-31-32(39)16-11-17-33(31)40)35(24-27-12-5-3-6-13-27)38(45)41-28-14-7-4-8-15-28/h3,5-6,9-13,16-23,28,35H,4,7-8,14-15,24-26H2,1-2H3,(H,41,45). The molecular formula is C38H41Cl2N3O6S. The Balaban J connectivity index is 1.61. The molecule has 2 amide bonds. The SMILES string of the molecule is COc1ccc(S(=O)(=O)N(CC(=O)N(Cc2c(Cl)cccc2Cl)C(Cc2ccccc2)C(=O)NC2CCCCC2)c2ccccc2OC)cc1. The molecule has 0 aromatic heterocycles. The first-order valence-electron chi connectivity index (χ1n) is 16.5. The van der Waals surface area contributed by atoms with Crippen molar-refractivity contribution < 1.29 is 27.5 Å². The first kappa shape index (κ1) is 37.0. The summed E-state index contributed by atoms with van der Waals surface area (Å²) in [5.41, 5.74) is 1.42. The molecule has 1 unspecified atom stereocenters. The quantitative estimate of drug-likeness (QED) is 0.146. The minimum absolute atomic E-state index is 0.0316. The molecule has 1 atom stereocenters. The van der Waals surface area contributed by atoms with E-state index < -0.39 is 28.5 Å². The van der Waals surface area contributed by atoms with Crippen molar-refractivity contribution >= 4 is 50.7 Å². The van der Waals surface area contributed by atoms with Crippen LogP contribution in [0.5, 0.6) is 11.5 Å². The van der Waals surface area contributed by atoms with Crippen LogP contribution in [0.25, 0.3) is 0 Å². The van der Waals surface area contributed by atoms with E-state index in [1.165, 1.54) is 43.4 Å². The molecular weight excluding hydrogens is 697 g/mol. The van der Waals surface area contributed by atoms with E-state index >= 15 is 0 Å². The number of hydrogen-bond acceptors (Lipinski definition) is 6. The van der Waals surface area contributed by atoms with Crippen molar-refractivity contribution in [1.82, 2.24) is 10.2 Å². The maximum atomic E-state index is 14.9. The number of halogens is 2. The number of para-hydroxylation sites is 2. The highest BCUT2D eigenvalue weighted by Gasteiger charge is 2.36. The van der Waals surface area contributed by atoms with Gasteiger partial charge in [0.05, 0.1) is 24.8 Å². The zero-order valence-electron chi connectivity index (χ0n) is 28.1. The molecule has 1 aliphatic rings. The van der Waals surface area contributed by atoms with E-state index in [9.17, 15) is 18.0 Å². The Labute approximate surface area is 304 Å². The lowest BCUT2D eigenvalue weighted by Gasteiger charge is -2.35. The number of carbonyl (C=O) groups is 2. The smallest absolute Gasteiger partial charge is 0.264 e. The van der Waals surface area contributed by atoms with Crippen LogP contribution in [0.3, 0.4) is 0 Å². The zero-order valence-corrected chi connectivity index (χ0v) is 30.4. The van der Waals surface area contributed by atoms with Crippen LogP contribution in [-0.2, 0) is 32.6 Å².